The zero-order valence-electron chi connectivity index (χ0n) is 9.56. The van der Waals surface area contributed by atoms with E-state index in [1.165, 1.54) is 0 Å². The topological polar surface area (TPSA) is 58.6 Å². The Bertz CT molecular complexity index is 335. The second-order valence-electron chi connectivity index (χ2n) is 3.50. The highest BCUT2D eigenvalue weighted by atomic mass is 16.5. The molecule has 1 atom stereocenters. The molecule has 1 aromatic carbocycles. The van der Waals surface area contributed by atoms with Crippen LogP contribution in [0.15, 0.2) is 24.3 Å². The third kappa shape index (κ3) is 3.32. The van der Waals surface area contributed by atoms with Crippen LogP contribution < -0.4 is 5.32 Å². The van der Waals surface area contributed by atoms with Crippen molar-refractivity contribution in [2.24, 2.45) is 0 Å². The van der Waals surface area contributed by atoms with Crippen molar-refractivity contribution in [2.75, 3.05) is 13.7 Å². The highest BCUT2D eigenvalue weighted by molar-refractivity contribution is 5.75. The number of hydrogen-bond acceptors (Lipinski definition) is 3. The maximum absolute atomic E-state index is 11.0. The van der Waals surface area contributed by atoms with Gasteiger partial charge in [-0.25, -0.2) is 0 Å². The summed E-state index contributed by atoms with van der Waals surface area (Å²) in [5.74, 6) is -0.860. The van der Waals surface area contributed by atoms with Gasteiger partial charge in [0.1, 0.15) is 6.04 Å². The van der Waals surface area contributed by atoms with Crippen LogP contribution in [0.1, 0.15) is 24.1 Å². The van der Waals surface area contributed by atoms with Gasteiger partial charge < -0.3 is 15.2 Å². The first kappa shape index (κ1) is 12.7. The second kappa shape index (κ2) is 6.25. The van der Waals surface area contributed by atoms with Gasteiger partial charge in [0.15, 0.2) is 0 Å². The molecule has 0 aromatic heterocycles. The monoisotopic (exact) mass is 223 g/mol. The van der Waals surface area contributed by atoms with Gasteiger partial charge in [0.05, 0.1) is 6.61 Å². The first-order chi connectivity index (χ1) is 7.69. The van der Waals surface area contributed by atoms with E-state index in [1.54, 1.807) is 7.11 Å². The minimum atomic E-state index is -0.860. The van der Waals surface area contributed by atoms with Crippen molar-refractivity contribution < 1.29 is 14.6 Å². The maximum atomic E-state index is 11.0. The first-order valence-corrected chi connectivity index (χ1v) is 5.23. The molecular formula is C12H17NO3. The molecule has 0 spiro atoms. The Balaban J connectivity index is 2.81. The van der Waals surface area contributed by atoms with Crippen LogP contribution in [0, 0.1) is 0 Å². The molecule has 1 rings (SSSR count). The van der Waals surface area contributed by atoms with E-state index < -0.39 is 12.0 Å². The third-order valence-corrected chi connectivity index (χ3v) is 2.28. The summed E-state index contributed by atoms with van der Waals surface area (Å²) in [4.78, 5) is 11.0. The number of benzene rings is 1. The number of likely N-dealkylation sites (N-methyl/N-ethyl adjacent to an activating group) is 1. The van der Waals surface area contributed by atoms with Gasteiger partial charge >= 0.3 is 5.97 Å². The Hall–Kier alpha value is -1.39. The number of methoxy groups -OCH3 is 1. The van der Waals surface area contributed by atoms with E-state index in [1.807, 2.05) is 31.2 Å². The lowest BCUT2D eigenvalue weighted by Crippen LogP contribution is -2.28. The number of ether oxygens (including phenoxy) is 1. The largest absolute Gasteiger partial charge is 0.480 e. The average molecular weight is 223 g/mol. The Morgan fingerprint density at radius 3 is 2.50 bits per heavy atom. The summed E-state index contributed by atoms with van der Waals surface area (Å²) in [5, 5.41) is 12.0. The molecule has 0 saturated heterocycles. The van der Waals surface area contributed by atoms with Crippen molar-refractivity contribution in [1.82, 2.24) is 5.32 Å². The fraction of sp³-hybridized carbons (Fsp3) is 0.417. The van der Waals surface area contributed by atoms with Gasteiger partial charge in [-0.1, -0.05) is 31.2 Å². The molecule has 0 aliphatic carbocycles. The van der Waals surface area contributed by atoms with Crippen LogP contribution in [0.2, 0.25) is 0 Å². The van der Waals surface area contributed by atoms with Gasteiger partial charge in [-0.15, -0.1) is 0 Å². The molecular weight excluding hydrogens is 206 g/mol. The van der Waals surface area contributed by atoms with Crippen LogP contribution in [0.3, 0.4) is 0 Å². The maximum Gasteiger partial charge on any atom is 0.325 e. The number of rotatable bonds is 6. The average Bonchev–Trinajstić information content (AvgIpc) is 2.27. The fourth-order valence-corrected chi connectivity index (χ4v) is 1.52. The number of hydrogen-bond donors (Lipinski definition) is 2. The Morgan fingerprint density at radius 1 is 1.44 bits per heavy atom. The molecule has 0 saturated carbocycles. The summed E-state index contributed by atoms with van der Waals surface area (Å²) in [6.07, 6.45) is 0. The molecule has 4 nitrogen and oxygen atoms in total. The summed E-state index contributed by atoms with van der Waals surface area (Å²) in [5.41, 5.74) is 1.79. The minimum Gasteiger partial charge on any atom is -0.480 e. The van der Waals surface area contributed by atoms with Crippen molar-refractivity contribution in [3.05, 3.63) is 35.4 Å². The molecule has 88 valence electrons. The zero-order chi connectivity index (χ0) is 12.0. The van der Waals surface area contributed by atoms with Crippen molar-refractivity contribution in [3.8, 4) is 0 Å². The normalized spacial score (nSPS) is 12.4. The fourth-order valence-electron chi connectivity index (χ4n) is 1.52. The van der Waals surface area contributed by atoms with Crippen LogP contribution in [0.25, 0.3) is 0 Å². The summed E-state index contributed by atoms with van der Waals surface area (Å²) < 4.78 is 4.99. The molecule has 0 heterocycles. The third-order valence-electron chi connectivity index (χ3n) is 2.28. The van der Waals surface area contributed by atoms with Crippen LogP contribution in [-0.4, -0.2) is 24.7 Å². The summed E-state index contributed by atoms with van der Waals surface area (Å²) in [6.45, 7) is 3.05. The highest BCUT2D eigenvalue weighted by Crippen LogP contribution is 2.14. The lowest BCUT2D eigenvalue weighted by Gasteiger charge is -2.13. The summed E-state index contributed by atoms with van der Waals surface area (Å²) >= 11 is 0. The Labute approximate surface area is 95.2 Å². The summed E-state index contributed by atoms with van der Waals surface area (Å²) in [6, 6.07) is 6.76. The molecule has 1 aromatic rings. The van der Waals surface area contributed by atoms with E-state index in [9.17, 15) is 4.79 Å². The molecule has 0 radical (unpaired) electrons. The van der Waals surface area contributed by atoms with Crippen LogP contribution in [0.5, 0.6) is 0 Å². The smallest absolute Gasteiger partial charge is 0.325 e. The molecule has 0 aliphatic rings. The van der Waals surface area contributed by atoms with Gasteiger partial charge in [0.25, 0.3) is 0 Å². The van der Waals surface area contributed by atoms with E-state index in [2.05, 4.69) is 5.32 Å². The molecule has 0 bridgehead atoms. The van der Waals surface area contributed by atoms with Gasteiger partial charge in [0, 0.05) is 7.11 Å². The van der Waals surface area contributed by atoms with E-state index in [0.29, 0.717) is 13.2 Å². The van der Waals surface area contributed by atoms with E-state index in [0.717, 1.165) is 11.1 Å². The first-order valence-electron chi connectivity index (χ1n) is 5.23. The number of nitrogens with one attached hydrogen (secondary N) is 1. The number of carboxylic acids is 1. The quantitative estimate of drug-likeness (QED) is 0.768. The van der Waals surface area contributed by atoms with Crippen molar-refractivity contribution in [1.29, 1.82) is 0 Å². The van der Waals surface area contributed by atoms with Gasteiger partial charge in [-0.3, -0.25) is 4.79 Å². The van der Waals surface area contributed by atoms with Gasteiger partial charge in [0.2, 0.25) is 0 Å². The zero-order valence-corrected chi connectivity index (χ0v) is 9.56. The standard InChI is InChI=1S/C12H17NO3/c1-3-13-11(12(14)15)10-6-4-9(5-7-10)8-16-2/h4-7,11,13H,3,8H2,1-2H3,(H,14,15). The van der Waals surface area contributed by atoms with Crippen molar-refractivity contribution in [2.45, 2.75) is 19.6 Å². The van der Waals surface area contributed by atoms with Crippen LogP contribution >= 0.6 is 0 Å². The van der Waals surface area contributed by atoms with E-state index in [-0.39, 0.29) is 0 Å². The molecule has 4 heteroatoms. The molecule has 0 aliphatic heterocycles. The van der Waals surface area contributed by atoms with E-state index >= 15 is 0 Å². The molecule has 2 N–H and O–H groups in total. The van der Waals surface area contributed by atoms with Crippen molar-refractivity contribution in [3.63, 3.8) is 0 Å². The SMILES string of the molecule is CCNC(C(=O)O)c1ccc(COC)cc1. The number of aliphatic carboxylic acids is 1. The Morgan fingerprint density at radius 2 is 2.06 bits per heavy atom. The van der Waals surface area contributed by atoms with Crippen LogP contribution in [-0.2, 0) is 16.1 Å². The minimum absolute atomic E-state index is 0.541. The number of carboxylic acid groups (broad SMARTS) is 1. The van der Waals surface area contributed by atoms with Crippen LogP contribution in [0.4, 0.5) is 0 Å². The van der Waals surface area contributed by atoms with Gasteiger partial charge in [-0.05, 0) is 17.7 Å². The lowest BCUT2D eigenvalue weighted by molar-refractivity contribution is -0.139. The molecule has 16 heavy (non-hydrogen) atoms. The van der Waals surface area contributed by atoms with E-state index in [4.69, 9.17) is 9.84 Å². The predicted molar refractivity (Wildman–Crippen MR) is 61.2 cm³/mol. The molecule has 1 unspecified atom stereocenters. The highest BCUT2D eigenvalue weighted by Gasteiger charge is 2.17. The number of carbonyl (C=O) groups is 1. The van der Waals surface area contributed by atoms with Gasteiger partial charge in [-0.2, -0.15) is 0 Å². The predicted octanol–water partition coefficient (Wildman–Crippen LogP) is 1.57. The van der Waals surface area contributed by atoms with Crippen molar-refractivity contribution >= 4 is 5.97 Å². The molecule has 0 fully saturated rings. The summed E-state index contributed by atoms with van der Waals surface area (Å²) in [7, 11) is 1.63. The second-order valence-corrected chi connectivity index (χ2v) is 3.50. The Kier molecular flexibility index (Phi) is 4.95. The molecule has 0 amide bonds. The lowest BCUT2D eigenvalue weighted by atomic mass is 10.1.